The van der Waals surface area contributed by atoms with E-state index in [1.807, 2.05) is 24.3 Å². The number of carbonyl (C=O) groups excluding carboxylic acids is 3. The van der Waals surface area contributed by atoms with Crippen LogP contribution in [-0.4, -0.2) is 71.8 Å². The average molecular weight is 648 g/mol. The number of carbonyl (C=O) groups is 5. The molecule has 44 heavy (non-hydrogen) atoms. The molecule has 3 N–H and O–H groups in total. The molecule has 0 heterocycles. The Hall–Kier alpha value is -4.55. The van der Waals surface area contributed by atoms with Crippen LogP contribution >= 0.6 is 23.2 Å². The number of benzene rings is 3. The molecule has 0 radical (unpaired) electrons. The van der Waals surface area contributed by atoms with E-state index < -0.39 is 66.3 Å². The molecule has 1 fully saturated rings. The predicted molar refractivity (Wildman–Crippen MR) is 156 cm³/mol. The minimum atomic E-state index is -1.81. The lowest BCUT2D eigenvalue weighted by Gasteiger charge is -2.46. The number of ether oxygens (including phenoxy) is 4. The predicted octanol–water partition coefficient (Wildman–Crippen LogP) is 4.96. The lowest BCUT2D eigenvalue weighted by Crippen LogP contribution is -2.67. The molecule has 1 aliphatic carbocycles. The number of halogens is 2. The summed E-state index contributed by atoms with van der Waals surface area (Å²) in [5.74, 6) is -5.58. The van der Waals surface area contributed by atoms with Gasteiger partial charge >= 0.3 is 24.2 Å². The Bertz CT molecular complexity index is 1600. The Morgan fingerprint density at radius 2 is 1.48 bits per heavy atom. The van der Waals surface area contributed by atoms with E-state index in [1.54, 1.807) is 36.4 Å². The summed E-state index contributed by atoms with van der Waals surface area (Å²) in [5, 5.41) is 23.2. The number of rotatable bonds is 10. The Kier molecular flexibility index (Phi) is 10.2. The first-order valence-electron chi connectivity index (χ1n) is 13.2. The summed E-state index contributed by atoms with van der Waals surface area (Å²) < 4.78 is 19.9. The van der Waals surface area contributed by atoms with Crippen molar-refractivity contribution in [2.45, 2.75) is 37.7 Å². The second kappa shape index (κ2) is 13.8. The molecule has 1 aliphatic rings. The number of fused-ring (bicyclic) bond motifs is 1. The van der Waals surface area contributed by atoms with Gasteiger partial charge in [-0.2, -0.15) is 0 Å². The molecule has 0 spiro atoms. The van der Waals surface area contributed by atoms with Gasteiger partial charge in [-0.3, -0.25) is 9.59 Å². The largest absolute Gasteiger partial charge is 0.506 e. The van der Waals surface area contributed by atoms with Gasteiger partial charge in [0.15, 0.2) is 12.2 Å². The molecule has 232 valence electrons. The smallest absolute Gasteiger partial charge is 0.469 e. The second-order valence-electron chi connectivity index (χ2n) is 10.0. The van der Waals surface area contributed by atoms with Gasteiger partial charge in [-0.05, 0) is 47.5 Å². The zero-order valence-corrected chi connectivity index (χ0v) is 24.8. The second-order valence-corrected chi connectivity index (χ2v) is 10.8. The van der Waals surface area contributed by atoms with E-state index in [2.05, 4.69) is 10.1 Å². The molecule has 14 heteroatoms. The SMILES string of the molecule is COC(=O)[C@@H]1[C@H](OC(=O)O)[C@H](OC(=O)O)[C@H]1C(=O)N[C@@H](C)[C@@H](Cc1ccc(Cl)c(Cl)c1)OC(=O)c1ccc2ccccc2c1. The van der Waals surface area contributed by atoms with Gasteiger partial charge < -0.3 is 34.5 Å². The number of methoxy groups -OCH3 is 1. The Labute approximate surface area is 260 Å². The highest BCUT2D eigenvalue weighted by atomic mass is 35.5. The number of hydrogen-bond acceptors (Lipinski definition) is 9. The lowest BCUT2D eigenvalue weighted by molar-refractivity contribution is -0.198. The number of nitrogens with one attached hydrogen (secondary N) is 1. The van der Waals surface area contributed by atoms with E-state index in [0.717, 1.165) is 17.9 Å². The van der Waals surface area contributed by atoms with E-state index in [4.69, 9.17) is 42.5 Å². The van der Waals surface area contributed by atoms with Crippen molar-refractivity contribution in [3.63, 3.8) is 0 Å². The van der Waals surface area contributed by atoms with Crippen LogP contribution in [0.3, 0.4) is 0 Å². The van der Waals surface area contributed by atoms with Crippen LogP contribution < -0.4 is 5.32 Å². The van der Waals surface area contributed by atoms with Crippen LogP contribution in [-0.2, 0) is 35.0 Å². The third-order valence-electron chi connectivity index (χ3n) is 7.26. The molecule has 0 saturated heterocycles. The van der Waals surface area contributed by atoms with Gasteiger partial charge in [-0.15, -0.1) is 0 Å². The van der Waals surface area contributed by atoms with Gasteiger partial charge in [0.1, 0.15) is 12.0 Å². The third-order valence-corrected chi connectivity index (χ3v) is 8.00. The van der Waals surface area contributed by atoms with Crippen LogP contribution in [0.1, 0.15) is 22.8 Å². The number of esters is 2. The Morgan fingerprint density at radius 3 is 2.09 bits per heavy atom. The summed E-state index contributed by atoms with van der Waals surface area (Å²) in [6.45, 7) is 1.54. The average Bonchev–Trinajstić information content (AvgIpc) is 2.98. The van der Waals surface area contributed by atoms with E-state index in [0.29, 0.717) is 10.6 Å². The van der Waals surface area contributed by atoms with Gasteiger partial charge in [-0.25, -0.2) is 14.4 Å². The highest BCUT2D eigenvalue weighted by Crippen LogP contribution is 2.41. The summed E-state index contributed by atoms with van der Waals surface area (Å²) >= 11 is 12.2. The van der Waals surface area contributed by atoms with E-state index in [-0.39, 0.29) is 17.0 Å². The standard InChI is InChI=1S/C30H27Cl2NO11/c1-14(33-26(34)22-23(28(36)41-2)25(44-30(39)40)24(22)43-29(37)38)21(12-15-7-10-19(31)20(32)11-15)42-27(35)18-9-8-16-5-3-4-6-17(16)13-18/h3-11,13-14,21-25H,12H2,1-2H3,(H,33,34)(H,37,38)(H,39,40)/t14-,21+,22-,23-,24+,25-/m0/s1. The normalized spacial score (nSPS) is 20.4. The summed E-state index contributed by atoms with van der Waals surface area (Å²) in [6, 6.07) is 16.4. The molecule has 0 aromatic heterocycles. The highest BCUT2D eigenvalue weighted by molar-refractivity contribution is 6.42. The van der Waals surface area contributed by atoms with E-state index >= 15 is 0 Å². The van der Waals surface area contributed by atoms with Crippen molar-refractivity contribution in [3.05, 3.63) is 81.8 Å². The fraction of sp³-hybridized carbons (Fsp3) is 0.300. The Morgan fingerprint density at radius 1 is 0.841 bits per heavy atom. The molecule has 3 aromatic carbocycles. The van der Waals surface area contributed by atoms with E-state index in [1.165, 1.54) is 6.92 Å². The topological polar surface area (TPSA) is 175 Å². The number of hydrogen-bond donors (Lipinski definition) is 3. The summed E-state index contributed by atoms with van der Waals surface area (Å²) in [4.78, 5) is 61.8. The fourth-order valence-electron chi connectivity index (χ4n) is 5.07. The van der Waals surface area contributed by atoms with Crippen LogP contribution in [0, 0.1) is 11.8 Å². The zero-order chi connectivity index (χ0) is 32.1. The zero-order valence-electron chi connectivity index (χ0n) is 23.3. The summed E-state index contributed by atoms with van der Waals surface area (Å²) in [7, 11) is 1.02. The first kappa shape index (κ1) is 32.4. The van der Waals surface area contributed by atoms with Crippen LogP contribution in [0.2, 0.25) is 10.0 Å². The summed E-state index contributed by atoms with van der Waals surface area (Å²) in [5.41, 5.74) is 0.879. The monoisotopic (exact) mass is 647 g/mol. The van der Waals surface area contributed by atoms with E-state index in [9.17, 15) is 29.1 Å². The maximum Gasteiger partial charge on any atom is 0.506 e. The quantitative estimate of drug-likeness (QED) is 0.200. The molecular weight excluding hydrogens is 621 g/mol. The van der Waals surface area contributed by atoms with Crippen molar-refractivity contribution in [3.8, 4) is 0 Å². The molecule has 0 unspecified atom stereocenters. The van der Waals surface area contributed by atoms with Gasteiger partial charge in [0.25, 0.3) is 0 Å². The maximum absolute atomic E-state index is 13.5. The van der Waals surface area contributed by atoms with Crippen molar-refractivity contribution in [1.82, 2.24) is 5.32 Å². The van der Waals surface area contributed by atoms with Crippen LogP contribution in [0.4, 0.5) is 9.59 Å². The van der Waals surface area contributed by atoms with Crippen LogP contribution in [0.15, 0.2) is 60.7 Å². The number of amides is 1. The molecule has 0 aliphatic heterocycles. The van der Waals surface area contributed by atoms with Crippen molar-refractivity contribution >= 4 is 64.1 Å². The van der Waals surface area contributed by atoms with Crippen molar-refractivity contribution in [1.29, 1.82) is 0 Å². The molecule has 1 saturated carbocycles. The lowest BCUT2D eigenvalue weighted by atomic mass is 9.67. The fourth-order valence-corrected chi connectivity index (χ4v) is 5.39. The number of carboxylic acid groups (broad SMARTS) is 2. The molecule has 4 rings (SSSR count). The van der Waals surface area contributed by atoms with Crippen LogP contribution in [0.5, 0.6) is 0 Å². The molecule has 1 amide bonds. The third kappa shape index (κ3) is 7.32. The van der Waals surface area contributed by atoms with Gasteiger partial charge in [-0.1, -0.05) is 59.6 Å². The maximum atomic E-state index is 13.5. The molecular formula is C30H27Cl2NO11. The molecule has 3 aromatic rings. The van der Waals surface area contributed by atoms with Crippen molar-refractivity contribution in [2.24, 2.45) is 11.8 Å². The minimum Gasteiger partial charge on any atom is -0.469 e. The molecule has 0 bridgehead atoms. The van der Waals surface area contributed by atoms with Crippen molar-refractivity contribution < 1.29 is 53.1 Å². The first-order chi connectivity index (χ1) is 20.9. The van der Waals surface area contributed by atoms with Crippen LogP contribution in [0.25, 0.3) is 10.8 Å². The first-order valence-corrected chi connectivity index (χ1v) is 14.0. The molecule has 12 nitrogen and oxygen atoms in total. The minimum absolute atomic E-state index is 0.0720. The Balaban J connectivity index is 1.60. The van der Waals surface area contributed by atoms with Gasteiger partial charge in [0.2, 0.25) is 5.91 Å². The summed E-state index contributed by atoms with van der Waals surface area (Å²) in [6.07, 6.45) is -7.82. The highest BCUT2D eigenvalue weighted by Gasteiger charge is 2.63. The van der Waals surface area contributed by atoms with Gasteiger partial charge in [0, 0.05) is 6.42 Å². The van der Waals surface area contributed by atoms with Crippen molar-refractivity contribution in [2.75, 3.05) is 7.11 Å². The van der Waals surface area contributed by atoms with Gasteiger partial charge in [0.05, 0.1) is 34.7 Å². The molecule has 6 atom stereocenters.